The van der Waals surface area contributed by atoms with Crippen molar-refractivity contribution in [3.63, 3.8) is 0 Å². The number of hydrogen-bond donors (Lipinski definition) is 2. The lowest BCUT2D eigenvalue weighted by molar-refractivity contribution is -0.146. The van der Waals surface area contributed by atoms with E-state index in [0.29, 0.717) is 17.2 Å². The minimum Gasteiger partial charge on any atom is -0.497 e. The van der Waals surface area contributed by atoms with E-state index >= 15 is 0 Å². The van der Waals surface area contributed by atoms with Crippen LogP contribution in [0.3, 0.4) is 0 Å². The number of hydrogen-bond acceptors (Lipinski definition) is 6. The molecule has 0 fully saturated rings. The summed E-state index contributed by atoms with van der Waals surface area (Å²) in [5.41, 5.74) is 2.77. The molecule has 0 spiro atoms. The second-order valence-corrected chi connectivity index (χ2v) is 6.26. The maximum Gasteiger partial charge on any atom is 0.325 e. The number of rotatable bonds is 8. The van der Waals surface area contributed by atoms with Gasteiger partial charge in [-0.05, 0) is 37.1 Å². The van der Waals surface area contributed by atoms with Gasteiger partial charge in [-0.2, -0.15) is 0 Å². The topological polar surface area (TPSA) is 103 Å². The Hall–Kier alpha value is -3.55. The van der Waals surface area contributed by atoms with E-state index in [9.17, 15) is 14.4 Å². The number of benzene rings is 2. The third-order valence-electron chi connectivity index (χ3n) is 4.12. The van der Waals surface area contributed by atoms with E-state index in [0.717, 1.165) is 11.1 Å². The molecule has 2 aromatic carbocycles. The first-order valence-electron chi connectivity index (χ1n) is 8.87. The fourth-order valence-electron chi connectivity index (χ4n) is 2.58. The summed E-state index contributed by atoms with van der Waals surface area (Å²) in [6, 6.07) is 10.3. The Morgan fingerprint density at radius 2 is 1.52 bits per heavy atom. The van der Waals surface area contributed by atoms with E-state index in [1.54, 1.807) is 6.07 Å². The summed E-state index contributed by atoms with van der Waals surface area (Å²) in [5.74, 6) is -0.802. The first kappa shape index (κ1) is 21.7. The molecule has 0 aliphatic carbocycles. The molecule has 154 valence electrons. The molecule has 8 heteroatoms. The molecule has 0 aliphatic rings. The summed E-state index contributed by atoms with van der Waals surface area (Å²) in [6.45, 7) is 2.92. The first-order chi connectivity index (χ1) is 13.8. The van der Waals surface area contributed by atoms with Crippen molar-refractivity contribution in [2.45, 2.75) is 13.8 Å². The zero-order valence-corrected chi connectivity index (χ0v) is 16.8. The maximum atomic E-state index is 12.2. The molecular formula is C21H24N2O6. The van der Waals surface area contributed by atoms with Crippen LogP contribution in [0.15, 0.2) is 36.4 Å². The minimum atomic E-state index is -0.732. The molecule has 2 aromatic rings. The zero-order chi connectivity index (χ0) is 21.4. The van der Waals surface area contributed by atoms with Crippen molar-refractivity contribution >= 4 is 23.5 Å². The van der Waals surface area contributed by atoms with E-state index in [1.165, 1.54) is 26.4 Å². The van der Waals surface area contributed by atoms with E-state index in [1.807, 2.05) is 32.0 Å². The quantitative estimate of drug-likeness (QED) is 0.659. The number of esters is 1. The number of para-hydroxylation sites is 1. The van der Waals surface area contributed by atoms with Gasteiger partial charge in [0.25, 0.3) is 11.8 Å². The van der Waals surface area contributed by atoms with Crippen molar-refractivity contribution in [1.82, 2.24) is 5.32 Å². The van der Waals surface area contributed by atoms with E-state index in [4.69, 9.17) is 14.2 Å². The Morgan fingerprint density at radius 3 is 2.07 bits per heavy atom. The van der Waals surface area contributed by atoms with Gasteiger partial charge in [-0.15, -0.1) is 0 Å². The van der Waals surface area contributed by atoms with Gasteiger partial charge in [-0.25, -0.2) is 0 Å². The van der Waals surface area contributed by atoms with Crippen LogP contribution in [0.2, 0.25) is 0 Å². The third-order valence-corrected chi connectivity index (χ3v) is 4.12. The van der Waals surface area contributed by atoms with Crippen molar-refractivity contribution in [3.8, 4) is 11.5 Å². The van der Waals surface area contributed by atoms with Crippen molar-refractivity contribution < 1.29 is 28.6 Å². The molecule has 0 saturated carbocycles. The van der Waals surface area contributed by atoms with Gasteiger partial charge in [0.05, 0.1) is 14.2 Å². The van der Waals surface area contributed by atoms with Crippen LogP contribution in [0.25, 0.3) is 0 Å². The molecule has 0 aromatic heterocycles. The summed E-state index contributed by atoms with van der Waals surface area (Å²) in [7, 11) is 2.94. The molecule has 0 aliphatic heterocycles. The number of aryl methyl sites for hydroxylation is 2. The lowest BCUT2D eigenvalue weighted by Crippen LogP contribution is -2.32. The highest BCUT2D eigenvalue weighted by atomic mass is 16.5. The van der Waals surface area contributed by atoms with Crippen molar-refractivity contribution in [2.75, 3.05) is 32.7 Å². The van der Waals surface area contributed by atoms with Gasteiger partial charge in [-0.3, -0.25) is 14.4 Å². The number of ether oxygens (including phenoxy) is 3. The van der Waals surface area contributed by atoms with Gasteiger partial charge in [0.1, 0.15) is 18.0 Å². The van der Waals surface area contributed by atoms with Gasteiger partial charge in [-0.1, -0.05) is 18.2 Å². The molecule has 2 amide bonds. The summed E-state index contributed by atoms with van der Waals surface area (Å²) in [6.07, 6.45) is 0. The van der Waals surface area contributed by atoms with Crippen LogP contribution < -0.4 is 20.1 Å². The van der Waals surface area contributed by atoms with Crippen molar-refractivity contribution in [2.24, 2.45) is 0 Å². The Kier molecular flexibility index (Phi) is 7.59. The van der Waals surface area contributed by atoms with Gasteiger partial charge in [0.15, 0.2) is 6.61 Å². The molecule has 0 radical (unpaired) electrons. The van der Waals surface area contributed by atoms with Crippen LogP contribution in [0.1, 0.15) is 21.5 Å². The number of nitrogens with one attached hydrogen (secondary N) is 2. The average molecular weight is 400 g/mol. The van der Waals surface area contributed by atoms with Crippen molar-refractivity contribution in [1.29, 1.82) is 0 Å². The Labute approximate surface area is 169 Å². The molecule has 2 N–H and O–H groups in total. The van der Waals surface area contributed by atoms with E-state index in [-0.39, 0.29) is 12.1 Å². The van der Waals surface area contributed by atoms with Gasteiger partial charge in [0.2, 0.25) is 0 Å². The predicted molar refractivity (Wildman–Crippen MR) is 107 cm³/mol. The summed E-state index contributed by atoms with van der Waals surface area (Å²) < 4.78 is 15.1. The number of anilines is 1. The molecule has 0 heterocycles. The smallest absolute Gasteiger partial charge is 0.325 e. The highest BCUT2D eigenvalue weighted by molar-refractivity contribution is 5.97. The highest BCUT2D eigenvalue weighted by Crippen LogP contribution is 2.22. The molecule has 0 atom stereocenters. The molecule has 8 nitrogen and oxygen atoms in total. The number of carbonyl (C=O) groups is 3. The van der Waals surface area contributed by atoms with Crippen LogP contribution >= 0.6 is 0 Å². The highest BCUT2D eigenvalue weighted by Gasteiger charge is 2.14. The Balaban J connectivity index is 1.84. The van der Waals surface area contributed by atoms with Gasteiger partial charge < -0.3 is 24.8 Å². The predicted octanol–water partition coefficient (Wildman–Crippen LogP) is 2.23. The van der Waals surface area contributed by atoms with Gasteiger partial charge in [0, 0.05) is 17.3 Å². The Morgan fingerprint density at radius 1 is 0.931 bits per heavy atom. The molecule has 0 bridgehead atoms. The lowest BCUT2D eigenvalue weighted by Gasteiger charge is -2.12. The lowest BCUT2D eigenvalue weighted by atomic mass is 10.1. The van der Waals surface area contributed by atoms with Crippen molar-refractivity contribution in [3.05, 3.63) is 53.1 Å². The van der Waals surface area contributed by atoms with E-state index in [2.05, 4.69) is 10.6 Å². The van der Waals surface area contributed by atoms with Gasteiger partial charge >= 0.3 is 5.97 Å². The normalized spacial score (nSPS) is 10.1. The molecular weight excluding hydrogens is 376 g/mol. The number of carbonyl (C=O) groups excluding carboxylic acids is 3. The maximum absolute atomic E-state index is 12.2. The molecule has 2 rings (SSSR count). The second kappa shape index (κ2) is 10.1. The van der Waals surface area contributed by atoms with E-state index < -0.39 is 24.4 Å². The monoisotopic (exact) mass is 400 g/mol. The van der Waals surface area contributed by atoms with Crippen LogP contribution in [-0.2, 0) is 14.3 Å². The van der Waals surface area contributed by atoms with Crippen LogP contribution in [0.5, 0.6) is 11.5 Å². The molecule has 29 heavy (non-hydrogen) atoms. The Bertz CT molecular complexity index is 868. The fraction of sp³-hybridized carbons (Fsp3) is 0.286. The second-order valence-electron chi connectivity index (χ2n) is 6.26. The minimum absolute atomic E-state index is 0.266. The zero-order valence-electron chi connectivity index (χ0n) is 16.8. The average Bonchev–Trinajstić information content (AvgIpc) is 2.72. The molecule has 0 saturated heterocycles. The summed E-state index contributed by atoms with van der Waals surface area (Å²) in [5, 5.41) is 5.16. The largest absolute Gasteiger partial charge is 0.497 e. The SMILES string of the molecule is COc1cc(OC)cc(C(=O)NCC(=O)OCC(=O)Nc2c(C)cccc2C)c1. The first-order valence-corrected chi connectivity index (χ1v) is 8.87. The summed E-state index contributed by atoms with van der Waals surface area (Å²) >= 11 is 0. The van der Waals surface area contributed by atoms with Crippen LogP contribution in [0, 0.1) is 13.8 Å². The summed E-state index contributed by atoms with van der Waals surface area (Å²) in [4.78, 5) is 36.1. The standard InChI is InChI=1S/C21H24N2O6/c1-13-6-5-7-14(2)20(13)23-18(24)12-29-19(25)11-22-21(26)15-8-16(27-3)10-17(9-15)28-4/h5-10H,11-12H2,1-4H3,(H,22,26)(H,23,24). The number of methoxy groups -OCH3 is 2. The van der Waals surface area contributed by atoms with Crippen LogP contribution in [0.4, 0.5) is 5.69 Å². The third kappa shape index (κ3) is 6.24. The molecule has 0 unspecified atom stereocenters. The fourth-order valence-corrected chi connectivity index (χ4v) is 2.58. The number of amides is 2. The van der Waals surface area contributed by atoms with Crippen LogP contribution in [-0.4, -0.2) is 45.2 Å².